The summed E-state index contributed by atoms with van der Waals surface area (Å²) < 4.78 is 12.4. The molecule has 0 spiro atoms. The molecule has 0 saturated carbocycles. The quantitative estimate of drug-likeness (QED) is 0.476. The highest BCUT2D eigenvalue weighted by atomic mass is 16.5. The van der Waals surface area contributed by atoms with Gasteiger partial charge in [-0.2, -0.15) is 0 Å². The van der Waals surface area contributed by atoms with Gasteiger partial charge >= 0.3 is 0 Å². The van der Waals surface area contributed by atoms with Crippen LogP contribution < -0.4 is 0 Å². The monoisotopic (exact) mass is 355 g/mol. The molecule has 1 aromatic heterocycles. The Balaban J connectivity index is 0.00000277. The van der Waals surface area contributed by atoms with Gasteiger partial charge in [-0.3, -0.25) is 4.79 Å². The number of unbranched alkanes of at least 4 members (excludes halogenated alkanes) is 2. The number of nitrogens with zero attached hydrogens (tertiary/aromatic N) is 3. The van der Waals surface area contributed by atoms with Gasteiger partial charge in [-0.15, -0.1) is 5.10 Å². The number of ketones is 1. The van der Waals surface area contributed by atoms with E-state index in [1.165, 1.54) is 32.6 Å². The molecule has 6 nitrogen and oxygen atoms in total. The summed E-state index contributed by atoms with van der Waals surface area (Å²) >= 11 is 0. The maximum Gasteiger partial charge on any atom is 0.155 e. The Morgan fingerprint density at radius 1 is 1.12 bits per heavy atom. The lowest BCUT2D eigenvalue weighted by atomic mass is 10.0. The molecule has 0 unspecified atom stereocenters. The van der Waals surface area contributed by atoms with Crippen molar-refractivity contribution in [1.82, 2.24) is 15.0 Å². The summed E-state index contributed by atoms with van der Waals surface area (Å²) in [6.45, 7) is 12.4. The van der Waals surface area contributed by atoms with E-state index in [-0.39, 0.29) is 12.4 Å². The van der Waals surface area contributed by atoms with Crippen molar-refractivity contribution < 1.29 is 14.3 Å². The maximum absolute atomic E-state index is 10.7. The molecule has 1 rings (SSSR count). The minimum absolute atomic E-state index is 0.0318. The predicted octanol–water partition coefficient (Wildman–Crippen LogP) is 3.69. The Morgan fingerprint density at radius 3 is 2.52 bits per heavy atom. The van der Waals surface area contributed by atoms with Gasteiger partial charge in [-0.05, 0) is 25.7 Å². The maximum atomic E-state index is 10.7. The van der Waals surface area contributed by atoms with Crippen LogP contribution in [0.25, 0.3) is 0 Å². The number of aromatic nitrogens is 3. The lowest BCUT2D eigenvalue weighted by molar-refractivity contribution is -0.121. The zero-order chi connectivity index (χ0) is 18.9. The van der Waals surface area contributed by atoms with Crippen LogP contribution in [-0.4, -0.2) is 47.2 Å². The van der Waals surface area contributed by atoms with Crippen molar-refractivity contribution >= 4 is 5.78 Å². The third-order valence-corrected chi connectivity index (χ3v) is 3.44. The van der Waals surface area contributed by atoms with E-state index in [1.54, 1.807) is 0 Å². The summed E-state index contributed by atoms with van der Waals surface area (Å²) in [7, 11) is 0. The van der Waals surface area contributed by atoms with Crippen LogP contribution in [0.15, 0.2) is 6.20 Å². The Bertz CT molecular complexity index is 433. The fraction of sp³-hybridized carbons (Fsp3) is 0.842. The third-order valence-electron chi connectivity index (χ3n) is 3.44. The van der Waals surface area contributed by atoms with Gasteiger partial charge in [-0.1, -0.05) is 52.2 Å². The fourth-order valence-electron chi connectivity index (χ4n) is 2.19. The van der Waals surface area contributed by atoms with Gasteiger partial charge in [0.2, 0.25) is 0 Å². The van der Waals surface area contributed by atoms with Crippen LogP contribution in [0.3, 0.4) is 0 Å². The van der Waals surface area contributed by atoms with Crippen LogP contribution in [0.4, 0.5) is 0 Å². The molecule has 0 aliphatic rings. The van der Waals surface area contributed by atoms with E-state index in [9.17, 15) is 4.79 Å². The van der Waals surface area contributed by atoms with E-state index in [4.69, 9.17) is 9.47 Å². The Morgan fingerprint density at radius 2 is 1.84 bits per heavy atom. The van der Waals surface area contributed by atoms with Gasteiger partial charge in [0.1, 0.15) is 6.61 Å². The standard InChI is InChI=1S/C17H31N3O3.C2H6/c1-15(2)7-5-4-6-8-17-13-20(19-18-17)9-10-22-11-12-23-14-16(3)21;1-2/h13,15H,4-12,14H2,1-3H3;1-2H3. The van der Waals surface area contributed by atoms with Crippen molar-refractivity contribution in [2.45, 2.75) is 73.3 Å². The molecule has 6 heteroatoms. The van der Waals surface area contributed by atoms with Crippen LogP contribution in [0.5, 0.6) is 0 Å². The fourth-order valence-corrected chi connectivity index (χ4v) is 2.19. The topological polar surface area (TPSA) is 66.2 Å². The van der Waals surface area contributed by atoms with Crippen LogP contribution in [-0.2, 0) is 27.2 Å². The van der Waals surface area contributed by atoms with Crippen molar-refractivity contribution in [2.75, 3.05) is 26.4 Å². The van der Waals surface area contributed by atoms with E-state index in [2.05, 4.69) is 24.2 Å². The lowest BCUT2D eigenvalue weighted by Gasteiger charge is -2.04. The number of hydrogen-bond acceptors (Lipinski definition) is 5. The average Bonchev–Trinajstić information content (AvgIpc) is 3.03. The number of rotatable bonds is 14. The zero-order valence-corrected chi connectivity index (χ0v) is 16.8. The van der Waals surface area contributed by atoms with Gasteiger partial charge in [-0.25, -0.2) is 4.68 Å². The molecule has 0 aromatic carbocycles. The van der Waals surface area contributed by atoms with Crippen LogP contribution in [0.1, 0.15) is 66.0 Å². The second kappa shape index (κ2) is 16.2. The highest BCUT2D eigenvalue weighted by Crippen LogP contribution is 2.10. The summed E-state index contributed by atoms with van der Waals surface area (Å²) in [6.07, 6.45) is 8.03. The summed E-state index contributed by atoms with van der Waals surface area (Å²) in [5.41, 5.74) is 1.05. The van der Waals surface area contributed by atoms with Crippen molar-refractivity contribution in [2.24, 2.45) is 5.92 Å². The molecule has 0 N–H and O–H groups in total. The van der Waals surface area contributed by atoms with Gasteiger partial charge in [0, 0.05) is 6.20 Å². The molecule has 146 valence electrons. The Hall–Kier alpha value is -1.27. The van der Waals surface area contributed by atoms with Gasteiger partial charge in [0.25, 0.3) is 0 Å². The summed E-state index contributed by atoms with van der Waals surface area (Å²) in [4.78, 5) is 10.7. The van der Waals surface area contributed by atoms with Crippen molar-refractivity contribution in [3.63, 3.8) is 0 Å². The molecule has 0 bridgehead atoms. The van der Waals surface area contributed by atoms with Gasteiger partial charge in [0.15, 0.2) is 5.78 Å². The average molecular weight is 356 g/mol. The van der Waals surface area contributed by atoms with Crippen LogP contribution in [0, 0.1) is 5.92 Å². The SMILES string of the molecule is CC.CC(=O)COCCOCCn1cc(CCCCCC(C)C)nn1. The zero-order valence-electron chi connectivity index (χ0n) is 16.8. The molecular weight excluding hydrogens is 318 g/mol. The molecule has 0 atom stereocenters. The van der Waals surface area contributed by atoms with E-state index >= 15 is 0 Å². The van der Waals surface area contributed by atoms with Crippen molar-refractivity contribution in [3.8, 4) is 0 Å². The van der Waals surface area contributed by atoms with Crippen molar-refractivity contribution in [3.05, 3.63) is 11.9 Å². The number of carbonyl (C=O) groups is 1. The summed E-state index contributed by atoms with van der Waals surface area (Å²) in [5, 5.41) is 8.30. The molecule has 0 radical (unpaired) electrons. The first kappa shape index (κ1) is 23.7. The van der Waals surface area contributed by atoms with E-state index in [0.29, 0.717) is 26.4 Å². The van der Waals surface area contributed by atoms with E-state index in [0.717, 1.165) is 18.0 Å². The lowest BCUT2D eigenvalue weighted by Crippen LogP contribution is -2.12. The number of carbonyl (C=O) groups excluding carboxylic acids is 1. The largest absolute Gasteiger partial charge is 0.377 e. The minimum Gasteiger partial charge on any atom is -0.377 e. The molecule has 1 aromatic rings. The third kappa shape index (κ3) is 14.8. The second-order valence-electron chi connectivity index (χ2n) is 6.33. The molecule has 1 heterocycles. The van der Waals surface area contributed by atoms with Crippen LogP contribution in [0.2, 0.25) is 0 Å². The normalized spacial score (nSPS) is 10.6. The van der Waals surface area contributed by atoms with E-state index < -0.39 is 0 Å². The number of hydrogen-bond donors (Lipinski definition) is 0. The Labute approximate surface area is 153 Å². The highest BCUT2D eigenvalue weighted by molar-refractivity contribution is 5.76. The molecule has 25 heavy (non-hydrogen) atoms. The molecule has 0 fully saturated rings. The highest BCUT2D eigenvalue weighted by Gasteiger charge is 2.02. The predicted molar refractivity (Wildman–Crippen MR) is 101 cm³/mol. The van der Waals surface area contributed by atoms with Crippen molar-refractivity contribution in [1.29, 1.82) is 0 Å². The molecule has 0 amide bonds. The summed E-state index contributed by atoms with van der Waals surface area (Å²) in [5.74, 6) is 0.827. The Kier molecular flexibility index (Phi) is 15.4. The first-order chi connectivity index (χ1) is 12.1. The summed E-state index contributed by atoms with van der Waals surface area (Å²) in [6, 6.07) is 0. The van der Waals surface area contributed by atoms with E-state index in [1.807, 2.05) is 24.7 Å². The first-order valence-electron chi connectivity index (χ1n) is 9.62. The molecule has 0 aliphatic heterocycles. The number of ether oxygens (including phenoxy) is 2. The first-order valence-corrected chi connectivity index (χ1v) is 9.62. The van der Waals surface area contributed by atoms with Gasteiger partial charge < -0.3 is 9.47 Å². The van der Waals surface area contributed by atoms with Gasteiger partial charge in [0.05, 0.1) is 32.1 Å². The minimum atomic E-state index is 0.0318. The molecule has 0 aliphatic carbocycles. The smallest absolute Gasteiger partial charge is 0.155 e. The molecular formula is C19H37N3O3. The second-order valence-corrected chi connectivity index (χ2v) is 6.33. The number of Topliss-reactive ketones (excluding diaryl/α,β-unsaturated/α-hetero) is 1. The van der Waals surface area contributed by atoms with Crippen LogP contribution >= 0.6 is 0 Å². The molecule has 0 saturated heterocycles. The number of aryl methyl sites for hydroxylation is 1.